The Morgan fingerprint density at radius 1 is 1.20 bits per heavy atom. The van der Waals surface area contributed by atoms with Crippen LogP contribution in [0.2, 0.25) is 0 Å². The fourth-order valence-electron chi connectivity index (χ4n) is 1.24. The maximum absolute atomic E-state index is 9.43. The van der Waals surface area contributed by atoms with Crippen molar-refractivity contribution in [2.75, 3.05) is 42.9 Å². The van der Waals surface area contributed by atoms with Crippen molar-refractivity contribution in [3.63, 3.8) is 0 Å². The van der Waals surface area contributed by atoms with Crippen molar-refractivity contribution in [2.24, 2.45) is 0 Å². The van der Waals surface area contributed by atoms with E-state index in [0.29, 0.717) is 24.4 Å². The molecule has 0 aliphatic rings. The van der Waals surface area contributed by atoms with Crippen LogP contribution in [0.3, 0.4) is 0 Å². The Hall–Kier alpha value is -3.13. The number of carbonyl (C=O) groups is 2. The zero-order valence-corrected chi connectivity index (χ0v) is 14.3. The van der Waals surface area contributed by atoms with Crippen LogP contribution in [0.15, 0.2) is 0 Å². The maximum atomic E-state index is 9.43. The third kappa shape index (κ3) is 10.3. The normalized spacial score (nSPS) is 9.20. The van der Waals surface area contributed by atoms with Gasteiger partial charge in [-0.15, -0.1) is 6.42 Å². The molecule has 0 atom stereocenters. The highest BCUT2D eigenvalue weighted by atomic mass is 16.7. The number of aromatic nitrogens is 3. The molecule has 4 N–H and O–H groups in total. The first-order valence-corrected chi connectivity index (χ1v) is 7.22. The van der Waals surface area contributed by atoms with Gasteiger partial charge in [0.25, 0.3) is 5.95 Å². The van der Waals surface area contributed by atoms with Crippen molar-refractivity contribution in [3.05, 3.63) is 0 Å². The summed E-state index contributed by atoms with van der Waals surface area (Å²) in [6, 6.07) is 0. The monoisotopic (exact) mass is 354 g/mol. The second-order valence-electron chi connectivity index (χ2n) is 4.41. The lowest BCUT2D eigenvalue weighted by Crippen LogP contribution is -2.20. The number of rotatable bonds is 9. The topological polar surface area (TPSA) is 150 Å². The predicted molar refractivity (Wildman–Crippen MR) is 91.2 cm³/mol. The van der Waals surface area contributed by atoms with Crippen LogP contribution < -0.4 is 15.7 Å². The molecule has 0 fully saturated rings. The van der Waals surface area contributed by atoms with Gasteiger partial charge in [0.1, 0.15) is 6.42 Å². The molecule has 0 aliphatic carbocycles. The van der Waals surface area contributed by atoms with E-state index in [1.165, 1.54) is 12.2 Å². The van der Waals surface area contributed by atoms with E-state index in [-0.39, 0.29) is 0 Å². The Kier molecular flexibility index (Phi) is 10.8. The average Bonchev–Trinajstić information content (AvgIpc) is 2.56. The van der Waals surface area contributed by atoms with Crippen LogP contribution in [0.5, 0.6) is 0 Å². The zero-order valence-electron chi connectivity index (χ0n) is 14.3. The summed E-state index contributed by atoms with van der Waals surface area (Å²) in [6.07, 6.45) is 5.36. The number of nitrogens with zero attached hydrogens (tertiary/aromatic N) is 4. The van der Waals surface area contributed by atoms with Gasteiger partial charge >= 0.3 is 11.9 Å². The molecule has 1 aromatic rings. The highest BCUT2D eigenvalue weighted by Gasteiger charge is 2.09. The SMILES string of the molecule is C#CCNc1nc(NCCC)nc(N(C)OC)n1.O=C(O)CC(=O)O. The van der Waals surface area contributed by atoms with Crippen molar-refractivity contribution in [1.29, 1.82) is 0 Å². The van der Waals surface area contributed by atoms with E-state index >= 15 is 0 Å². The molecule has 11 nitrogen and oxygen atoms in total. The summed E-state index contributed by atoms with van der Waals surface area (Å²) in [4.78, 5) is 36.5. The van der Waals surface area contributed by atoms with Crippen molar-refractivity contribution in [1.82, 2.24) is 15.0 Å². The number of anilines is 3. The molecule has 1 aromatic heterocycles. The van der Waals surface area contributed by atoms with E-state index in [4.69, 9.17) is 21.5 Å². The Labute approximate surface area is 145 Å². The number of carboxylic acids is 2. The lowest BCUT2D eigenvalue weighted by atomic mass is 10.5. The molecule has 0 aromatic carbocycles. The lowest BCUT2D eigenvalue weighted by Gasteiger charge is -2.15. The Bertz CT molecular complexity index is 592. The number of carboxylic acid groups (broad SMARTS) is 2. The third-order valence-electron chi connectivity index (χ3n) is 2.36. The molecule has 0 amide bonds. The van der Waals surface area contributed by atoms with Gasteiger partial charge in [-0.25, -0.2) is 5.06 Å². The molecular weight excluding hydrogens is 332 g/mol. The zero-order chi connectivity index (χ0) is 19.2. The fourth-order valence-corrected chi connectivity index (χ4v) is 1.24. The maximum Gasteiger partial charge on any atom is 0.314 e. The van der Waals surface area contributed by atoms with Gasteiger partial charge in [0, 0.05) is 13.6 Å². The van der Waals surface area contributed by atoms with E-state index in [0.717, 1.165) is 13.0 Å². The lowest BCUT2D eigenvalue weighted by molar-refractivity contribution is -0.147. The minimum absolute atomic E-state index is 0.355. The van der Waals surface area contributed by atoms with Crippen molar-refractivity contribution < 1.29 is 24.6 Å². The molecule has 1 heterocycles. The summed E-state index contributed by atoms with van der Waals surface area (Å²) in [5.41, 5.74) is 0. The first-order chi connectivity index (χ1) is 11.8. The van der Waals surface area contributed by atoms with Crippen LogP contribution in [0, 0.1) is 12.3 Å². The summed E-state index contributed by atoms with van der Waals surface area (Å²) in [6.45, 7) is 3.20. The Balaban J connectivity index is 0.000000697. The second-order valence-corrected chi connectivity index (χ2v) is 4.41. The Morgan fingerprint density at radius 2 is 1.76 bits per heavy atom. The van der Waals surface area contributed by atoms with Gasteiger partial charge in [-0.3, -0.25) is 14.4 Å². The van der Waals surface area contributed by atoms with E-state index in [9.17, 15) is 9.59 Å². The van der Waals surface area contributed by atoms with Crippen molar-refractivity contribution in [2.45, 2.75) is 19.8 Å². The summed E-state index contributed by atoms with van der Waals surface area (Å²) in [5, 5.41) is 22.9. The van der Waals surface area contributed by atoms with Gasteiger partial charge in [0.2, 0.25) is 11.9 Å². The molecule has 11 heteroatoms. The van der Waals surface area contributed by atoms with E-state index in [1.807, 2.05) is 0 Å². The van der Waals surface area contributed by atoms with Crippen molar-refractivity contribution in [3.8, 4) is 12.3 Å². The van der Waals surface area contributed by atoms with E-state index in [1.54, 1.807) is 7.05 Å². The molecule has 138 valence electrons. The van der Waals surface area contributed by atoms with Crippen LogP contribution in [-0.2, 0) is 14.4 Å². The largest absolute Gasteiger partial charge is 0.481 e. The number of hydrogen-bond acceptors (Lipinski definition) is 9. The number of aliphatic carboxylic acids is 2. The smallest absolute Gasteiger partial charge is 0.314 e. The molecule has 25 heavy (non-hydrogen) atoms. The molecule has 0 saturated heterocycles. The van der Waals surface area contributed by atoms with Crippen LogP contribution in [-0.4, -0.2) is 64.4 Å². The molecule has 0 unspecified atom stereocenters. The summed E-state index contributed by atoms with van der Waals surface area (Å²) < 4.78 is 0. The van der Waals surface area contributed by atoms with Gasteiger partial charge in [0.15, 0.2) is 0 Å². The van der Waals surface area contributed by atoms with E-state index < -0.39 is 18.4 Å². The molecule has 0 saturated carbocycles. The summed E-state index contributed by atoms with van der Waals surface area (Å²) in [7, 11) is 3.25. The standard InChI is InChI=1S/C11H18N6O.C3H4O4/c1-5-7-12-9-14-10(13-8-6-2)16-11(15-9)17(3)18-4;4-2(5)1-3(6)7/h1H,6-8H2,2-4H3,(H2,12,13,14,15,16);1H2,(H,4,5)(H,6,7). The minimum atomic E-state index is -1.31. The first kappa shape index (κ1) is 21.9. The highest BCUT2D eigenvalue weighted by Crippen LogP contribution is 2.12. The predicted octanol–water partition coefficient (Wildman–Crippen LogP) is 0.282. The van der Waals surface area contributed by atoms with Gasteiger partial charge in [-0.2, -0.15) is 15.0 Å². The number of nitrogens with one attached hydrogen (secondary N) is 2. The minimum Gasteiger partial charge on any atom is -0.481 e. The number of hydrogen-bond donors (Lipinski definition) is 4. The van der Waals surface area contributed by atoms with Crippen LogP contribution in [0.25, 0.3) is 0 Å². The molecule has 0 spiro atoms. The number of hydroxylamine groups is 1. The van der Waals surface area contributed by atoms with Gasteiger partial charge in [0.05, 0.1) is 13.7 Å². The third-order valence-corrected chi connectivity index (χ3v) is 2.36. The molecule has 1 rings (SSSR count). The average molecular weight is 354 g/mol. The summed E-state index contributed by atoms with van der Waals surface area (Å²) in [5.74, 6) is 1.16. The highest BCUT2D eigenvalue weighted by molar-refractivity contribution is 5.88. The van der Waals surface area contributed by atoms with Crippen LogP contribution >= 0.6 is 0 Å². The molecule has 0 bridgehead atoms. The quantitative estimate of drug-likeness (QED) is 0.275. The van der Waals surface area contributed by atoms with E-state index in [2.05, 4.69) is 38.4 Å². The molecule has 0 aliphatic heterocycles. The van der Waals surface area contributed by atoms with Crippen LogP contribution in [0.4, 0.5) is 17.8 Å². The fraction of sp³-hybridized carbons (Fsp3) is 0.500. The van der Waals surface area contributed by atoms with Crippen molar-refractivity contribution >= 4 is 29.8 Å². The molecular formula is C14H22N6O5. The molecule has 0 radical (unpaired) electrons. The summed E-state index contributed by atoms with van der Waals surface area (Å²) >= 11 is 0. The van der Waals surface area contributed by atoms with Gasteiger partial charge in [-0.05, 0) is 6.42 Å². The first-order valence-electron chi connectivity index (χ1n) is 7.22. The van der Waals surface area contributed by atoms with Gasteiger partial charge in [-0.1, -0.05) is 12.8 Å². The van der Waals surface area contributed by atoms with Gasteiger partial charge < -0.3 is 20.8 Å². The van der Waals surface area contributed by atoms with Crippen LogP contribution in [0.1, 0.15) is 19.8 Å². The second kappa shape index (κ2) is 12.3. The number of terminal acetylenes is 1. The Morgan fingerprint density at radius 3 is 2.16 bits per heavy atom.